The minimum atomic E-state index is 0.624. The Morgan fingerprint density at radius 2 is 1.58 bits per heavy atom. The van der Waals surface area contributed by atoms with Crippen molar-refractivity contribution in [1.82, 2.24) is 4.90 Å². The lowest BCUT2D eigenvalue weighted by atomic mass is 9.65. The van der Waals surface area contributed by atoms with E-state index in [1.807, 2.05) is 24.3 Å². The molecule has 0 unspecified atom stereocenters. The molecule has 168 valence electrons. The van der Waals surface area contributed by atoms with E-state index in [0.29, 0.717) is 12.2 Å². The van der Waals surface area contributed by atoms with Crippen molar-refractivity contribution in [2.75, 3.05) is 27.2 Å². The highest BCUT2D eigenvalue weighted by molar-refractivity contribution is 5.88. The molecule has 0 amide bonds. The number of fused-ring (bicyclic) bond motifs is 3. The molecule has 2 bridgehead atoms. The number of allylic oxidation sites excluding steroid dienone is 1. The predicted molar refractivity (Wildman–Crippen MR) is 135 cm³/mol. The average Bonchev–Trinajstić information content (AvgIpc) is 2.84. The molecule has 3 aliphatic rings. The minimum absolute atomic E-state index is 0.624. The zero-order valence-corrected chi connectivity index (χ0v) is 19.7. The number of nitriles is 1. The van der Waals surface area contributed by atoms with Gasteiger partial charge in [0.2, 0.25) is 0 Å². The summed E-state index contributed by atoms with van der Waals surface area (Å²) in [4.78, 5) is 2.33. The summed E-state index contributed by atoms with van der Waals surface area (Å²) < 4.78 is 6.04. The van der Waals surface area contributed by atoms with E-state index in [9.17, 15) is 0 Å². The monoisotopic (exact) mass is 436 g/mol. The summed E-state index contributed by atoms with van der Waals surface area (Å²) >= 11 is 0. The fourth-order valence-electron chi connectivity index (χ4n) is 5.70. The van der Waals surface area contributed by atoms with Crippen molar-refractivity contribution in [3.8, 4) is 11.8 Å². The molecule has 0 heterocycles. The molecule has 3 nitrogen and oxygen atoms in total. The van der Waals surface area contributed by atoms with Crippen LogP contribution in [0.5, 0.6) is 5.75 Å². The van der Waals surface area contributed by atoms with Crippen molar-refractivity contribution in [3.63, 3.8) is 0 Å². The Morgan fingerprint density at radius 1 is 0.879 bits per heavy atom. The van der Waals surface area contributed by atoms with Crippen LogP contribution in [-0.2, 0) is 6.42 Å². The van der Waals surface area contributed by atoms with Gasteiger partial charge in [-0.15, -0.1) is 0 Å². The molecule has 0 aliphatic heterocycles. The number of hydrogen-bond donors (Lipinski definition) is 0. The van der Waals surface area contributed by atoms with E-state index in [2.05, 4.69) is 61.5 Å². The first-order chi connectivity index (χ1) is 16.1. The van der Waals surface area contributed by atoms with Crippen LogP contribution in [0.15, 0.2) is 66.2 Å². The molecule has 1 saturated carbocycles. The van der Waals surface area contributed by atoms with E-state index in [0.717, 1.165) is 30.6 Å². The SMILES string of the molecule is CN(C)CC1=C(c2ccc3cc(OCCc4ccc(C#N)cc4)ccc3c2)C2CCC1CC2. The number of benzene rings is 3. The van der Waals surface area contributed by atoms with Crippen LogP contribution in [0.25, 0.3) is 16.3 Å². The second-order valence-corrected chi connectivity index (χ2v) is 9.86. The lowest BCUT2D eigenvalue weighted by Crippen LogP contribution is -2.31. The van der Waals surface area contributed by atoms with Gasteiger partial charge in [0.1, 0.15) is 5.75 Å². The van der Waals surface area contributed by atoms with Crippen LogP contribution < -0.4 is 4.74 Å². The third-order valence-corrected chi connectivity index (χ3v) is 7.33. The lowest BCUT2D eigenvalue weighted by molar-refractivity contribution is 0.299. The zero-order chi connectivity index (χ0) is 22.8. The Bertz CT molecular complexity index is 1210. The van der Waals surface area contributed by atoms with Crippen molar-refractivity contribution in [3.05, 3.63) is 82.9 Å². The Balaban J connectivity index is 1.33. The van der Waals surface area contributed by atoms with Crippen molar-refractivity contribution in [1.29, 1.82) is 5.26 Å². The summed E-state index contributed by atoms with van der Waals surface area (Å²) in [5.41, 5.74) is 6.62. The maximum atomic E-state index is 8.93. The topological polar surface area (TPSA) is 36.3 Å². The molecule has 3 aromatic carbocycles. The van der Waals surface area contributed by atoms with Crippen LogP contribution >= 0.6 is 0 Å². The zero-order valence-electron chi connectivity index (χ0n) is 19.7. The van der Waals surface area contributed by atoms with Crippen LogP contribution in [0, 0.1) is 23.2 Å². The van der Waals surface area contributed by atoms with Crippen molar-refractivity contribution >= 4 is 16.3 Å². The molecule has 0 aromatic heterocycles. The second kappa shape index (κ2) is 9.41. The standard InChI is InChI=1S/C30H32N2O/c1-32(2)20-29-23-7-9-24(10-8-23)30(29)27-12-11-26-18-28(14-13-25(26)17-27)33-16-15-21-3-5-22(19-31)6-4-21/h3-6,11-14,17-18,23-24H,7-10,15-16,20H2,1-2H3. The maximum absolute atomic E-state index is 8.93. The molecular formula is C30H32N2O. The Kier molecular flexibility index (Phi) is 6.20. The van der Waals surface area contributed by atoms with E-state index in [1.165, 1.54) is 47.6 Å². The summed E-state index contributed by atoms with van der Waals surface area (Å²) in [5.74, 6) is 2.41. The quantitative estimate of drug-likeness (QED) is 0.426. The van der Waals surface area contributed by atoms with E-state index in [1.54, 1.807) is 11.1 Å². The minimum Gasteiger partial charge on any atom is -0.493 e. The molecule has 6 rings (SSSR count). The van der Waals surface area contributed by atoms with Gasteiger partial charge in [-0.05, 0) is 115 Å². The van der Waals surface area contributed by atoms with Crippen LogP contribution in [0.2, 0.25) is 0 Å². The molecule has 0 atom stereocenters. The molecule has 0 N–H and O–H groups in total. The second-order valence-electron chi connectivity index (χ2n) is 9.86. The summed E-state index contributed by atoms with van der Waals surface area (Å²) in [5, 5.41) is 11.4. The van der Waals surface area contributed by atoms with Gasteiger partial charge in [-0.3, -0.25) is 0 Å². The van der Waals surface area contributed by atoms with Crippen molar-refractivity contribution < 1.29 is 4.74 Å². The van der Waals surface area contributed by atoms with Crippen LogP contribution in [0.3, 0.4) is 0 Å². The lowest BCUT2D eigenvalue weighted by Gasteiger charge is -2.41. The average molecular weight is 437 g/mol. The van der Waals surface area contributed by atoms with Gasteiger partial charge in [0, 0.05) is 13.0 Å². The summed E-state index contributed by atoms with van der Waals surface area (Å²) in [6, 6.07) is 23.3. The maximum Gasteiger partial charge on any atom is 0.119 e. The molecule has 0 saturated heterocycles. The van der Waals surface area contributed by atoms with Gasteiger partial charge in [0.05, 0.1) is 18.2 Å². The van der Waals surface area contributed by atoms with Crippen LogP contribution in [0.1, 0.15) is 42.4 Å². The number of nitrogens with zero attached hydrogens (tertiary/aromatic N) is 2. The highest BCUT2D eigenvalue weighted by atomic mass is 16.5. The molecule has 1 fully saturated rings. The molecule has 3 heteroatoms. The van der Waals surface area contributed by atoms with Gasteiger partial charge in [-0.2, -0.15) is 5.26 Å². The Labute approximate surface area is 197 Å². The van der Waals surface area contributed by atoms with Crippen molar-refractivity contribution in [2.45, 2.75) is 32.1 Å². The fourth-order valence-corrected chi connectivity index (χ4v) is 5.70. The number of ether oxygens (including phenoxy) is 1. The molecular weight excluding hydrogens is 404 g/mol. The molecule has 3 aliphatic carbocycles. The van der Waals surface area contributed by atoms with Gasteiger partial charge in [-0.1, -0.05) is 30.3 Å². The predicted octanol–water partition coefficient (Wildman–Crippen LogP) is 6.47. The first kappa shape index (κ1) is 21.7. The smallest absolute Gasteiger partial charge is 0.119 e. The number of likely N-dealkylation sites (N-methyl/N-ethyl adjacent to an activating group) is 1. The summed E-state index contributed by atoms with van der Waals surface area (Å²) in [7, 11) is 4.38. The van der Waals surface area contributed by atoms with Crippen LogP contribution in [-0.4, -0.2) is 32.1 Å². The van der Waals surface area contributed by atoms with Crippen LogP contribution in [0.4, 0.5) is 0 Å². The van der Waals surface area contributed by atoms with E-state index in [4.69, 9.17) is 10.00 Å². The number of hydrogen-bond acceptors (Lipinski definition) is 3. The van der Waals surface area contributed by atoms with E-state index < -0.39 is 0 Å². The number of rotatable bonds is 7. The fraction of sp³-hybridized carbons (Fsp3) is 0.367. The summed E-state index contributed by atoms with van der Waals surface area (Å²) in [6.45, 7) is 1.71. The third kappa shape index (κ3) is 4.68. The summed E-state index contributed by atoms with van der Waals surface area (Å²) in [6.07, 6.45) is 6.26. The van der Waals surface area contributed by atoms with Gasteiger partial charge in [0.25, 0.3) is 0 Å². The van der Waals surface area contributed by atoms with Gasteiger partial charge in [0.15, 0.2) is 0 Å². The highest BCUT2D eigenvalue weighted by Crippen LogP contribution is 2.49. The largest absolute Gasteiger partial charge is 0.493 e. The first-order valence-corrected chi connectivity index (χ1v) is 12.1. The first-order valence-electron chi connectivity index (χ1n) is 12.1. The Morgan fingerprint density at radius 3 is 2.30 bits per heavy atom. The van der Waals surface area contributed by atoms with Gasteiger partial charge < -0.3 is 9.64 Å². The van der Waals surface area contributed by atoms with Gasteiger partial charge in [-0.25, -0.2) is 0 Å². The highest BCUT2D eigenvalue weighted by Gasteiger charge is 2.35. The molecule has 3 aromatic rings. The molecule has 0 radical (unpaired) electrons. The molecule has 0 spiro atoms. The van der Waals surface area contributed by atoms with E-state index in [-0.39, 0.29) is 0 Å². The van der Waals surface area contributed by atoms with Crippen molar-refractivity contribution in [2.24, 2.45) is 11.8 Å². The third-order valence-electron chi connectivity index (χ3n) is 7.33. The van der Waals surface area contributed by atoms with E-state index >= 15 is 0 Å². The molecule has 33 heavy (non-hydrogen) atoms. The Hall–Kier alpha value is -3.09. The normalized spacial score (nSPS) is 19.8. The van der Waals surface area contributed by atoms with Gasteiger partial charge >= 0.3 is 0 Å².